The molecule has 1 atom stereocenters. The number of nitrogens with one attached hydrogen (secondary N) is 1. The fraction of sp³-hybridized carbons (Fsp3) is 0.478. The predicted molar refractivity (Wildman–Crippen MR) is 109 cm³/mol. The second kappa shape index (κ2) is 8.31. The predicted octanol–water partition coefficient (Wildman–Crippen LogP) is 3.98. The summed E-state index contributed by atoms with van der Waals surface area (Å²) in [5.41, 5.74) is 3.74. The smallest absolute Gasteiger partial charge is 0.317 e. The van der Waals surface area contributed by atoms with Crippen molar-refractivity contribution in [2.24, 2.45) is 0 Å². The van der Waals surface area contributed by atoms with Crippen molar-refractivity contribution in [2.75, 3.05) is 26.3 Å². The Morgan fingerprint density at radius 2 is 1.96 bits per heavy atom. The maximum Gasteiger partial charge on any atom is 0.317 e. The molecule has 0 bridgehead atoms. The maximum absolute atomic E-state index is 13.1. The van der Waals surface area contributed by atoms with Gasteiger partial charge < -0.3 is 15.0 Å². The molecule has 0 radical (unpaired) electrons. The van der Waals surface area contributed by atoms with E-state index < -0.39 is 0 Å². The quantitative estimate of drug-likeness (QED) is 0.874. The van der Waals surface area contributed by atoms with Gasteiger partial charge in [-0.3, -0.25) is 4.98 Å². The third-order valence-corrected chi connectivity index (χ3v) is 6.35. The number of urea groups is 1. The first kappa shape index (κ1) is 18.9. The number of pyridine rings is 1. The molecule has 1 aromatic heterocycles. The lowest BCUT2D eigenvalue weighted by atomic mass is 9.72. The van der Waals surface area contributed by atoms with Crippen molar-refractivity contribution in [1.82, 2.24) is 15.2 Å². The third-order valence-electron chi connectivity index (χ3n) is 6.35. The Morgan fingerprint density at radius 1 is 1.21 bits per heavy atom. The second-order valence-corrected chi connectivity index (χ2v) is 8.00. The van der Waals surface area contributed by atoms with E-state index in [9.17, 15) is 4.79 Å². The Morgan fingerprint density at radius 3 is 2.71 bits per heavy atom. The topological polar surface area (TPSA) is 54.5 Å². The number of rotatable bonds is 4. The fourth-order valence-electron chi connectivity index (χ4n) is 4.76. The van der Waals surface area contributed by atoms with Gasteiger partial charge in [-0.15, -0.1) is 0 Å². The molecule has 2 fully saturated rings. The lowest BCUT2D eigenvalue weighted by Gasteiger charge is -2.39. The van der Waals surface area contributed by atoms with E-state index in [4.69, 9.17) is 4.74 Å². The summed E-state index contributed by atoms with van der Waals surface area (Å²) in [7, 11) is 0. The SMILES string of the molecule is Cc1ccccc1C1(CNC(=O)N2CCC[C@H]2c2ccncc2)CCOCC1. The van der Waals surface area contributed by atoms with Crippen LogP contribution in [0.25, 0.3) is 0 Å². The molecule has 3 heterocycles. The monoisotopic (exact) mass is 379 g/mol. The van der Waals surface area contributed by atoms with Crippen LogP contribution in [-0.4, -0.2) is 42.2 Å². The first-order chi connectivity index (χ1) is 13.7. The van der Waals surface area contributed by atoms with Crippen molar-refractivity contribution in [2.45, 2.75) is 44.1 Å². The maximum atomic E-state index is 13.1. The van der Waals surface area contributed by atoms with Crippen LogP contribution in [0.3, 0.4) is 0 Å². The minimum atomic E-state index is -0.0505. The normalized spacial score (nSPS) is 21.5. The Bertz CT molecular complexity index is 803. The third kappa shape index (κ3) is 3.76. The van der Waals surface area contributed by atoms with Gasteiger partial charge in [0.2, 0.25) is 0 Å². The summed E-state index contributed by atoms with van der Waals surface area (Å²) in [6.07, 6.45) is 7.53. The average Bonchev–Trinajstić information content (AvgIpc) is 3.24. The van der Waals surface area contributed by atoms with Gasteiger partial charge in [0, 0.05) is 44.1 Å². The molecule has 1 N–H and O–H groups in total. The Labute approximate surface area is 167 Å². The van der Waals surface area contributed by atoms with Crippen LogP contribution in [0.1, 0.15) is 48.4 Å². The van der Waals surface area contributed by atoms with E-state index in [0.717, 1.165) is 45.4 Å². The summed E-state index contributed by atoms with van der Waals surface area (Å²) in [4.78, 5) is 19.2. The summed E-state index contributed by atoms with van der Waals surface area (Å²) >= 11 is 0. The van der Waals surface area contributed by atoms with E-state index >= 15 is 0 Å². The number of ether oxygens (including phenoxy) is 1. The van der Waals surface area contributed by atoms with Crippen LogP contribution in [0.5, 0.6) is 0 Å². The minimum Gasteiger partial charge on any atom is -0.381 e. The number of hydrogen-bond acceptors (Lipinski definition) is 3. The van der Waals surface area contributed by atoms with Crippen LogP contribution in [0.4, 0.5) is 4.79 Å². The standard InChI is InChI=1S/C23H29N3O2/c1-18-5-2-3-6-20(18)23(10-15-28-16-11-23)17-25-22(27)26-14-4-7-21(26)19-8-12-24-13-9-19/h2-3,5-6,8-9,12-13,21H,4,7,10-11,14-17H2,1H3,(H,25,27)/t21-/m0/s1. The molecule has 5 heteroatoms. The molecule has 2 aliphatic heterocycles. The van der Waals surface area contributed by atoms with Crippen molar-refractivity contribution >= 4 is 6.03 Å². The largest absolute Gasteiger partial charge is 0.381 e. The summed E-state index contributed by atoms with van der Waals surface area (Å²) in [6, 6.07) is 12.8. The zero-order valence-electron chi connectivity index (χ0n) is 16.6. The molecule has 0 unspecified atom stereocenters. The number of hydrogen-bond donors (Lipinski definition) is 1. The molecule has 2 aromatic rings. The van der Waals surface area contributed by atoms with Gasteiger partial charge in [0.15, 0.2) is 0 Å². The van der Waals surface area contributed by atoms with Gasteiger partial charge in [-0.25, -0.2) is 4.79 Å². The Kier molecular flexibility index (Phi) is 5.62. The minimum absolute atomic E-state index is 0.0405. The second-order valence-electron chi connectivity index (χ2n) is 8.00. The number of amides is 2. The molecule has 2 saturated heterocycles. The van der Waals surface area contributed by atoms with Gasteiger partial charge >= 0.3 is 6.03 Å². The van der Waals surface area contributed by atoms with E-state index in [2.05, 4.69) is 41.5 Å². The zero-order chi connectivity index (χ0) is 19.4. The van der Waals surface area contributed by atoms with Crippen LogP contribution in [0, 0.1) is 6.92 Å². The van der Waals surface area contributed by atoms with Gasteiger partial charge in [0.05, 0.1) is 6.04 Å². The molecule has 0 aliphatic carbocycles. The number of benzene rings is 1. The fourth-order valence-corrected chi connectivity index (χ4v) is 4.76. The summed E-state index contributed by atoms with van der Waals surface area (Å²) in [5, 5.41) is 3.28. The lowest BCUT2D eigenvalue weighted by Crippen LogP contribution is -2.48. The summed E-state index contributed by atoms with van der Waals surface area (Å²) in [5.74, 6) is 0. The highest BCUT2D eigenvalue weighted by molar-refractivity contribution is 5.75. The van der Waals surface area contributed by atoms with Gasteiger partial charge in [-0.05, 0) is 61.4 Å². The van der Waals surface area contributed by atoms with Gasteiger partial charge in [-0.2, -0.15) is 0 Å². The van der Waals surface area contributed by atoms with Crippen LogP contribution in [-0.2, 0) is 10.2 Å². The highest BCUT2D eigenvalue weighted by Gasteiger charge is 2.37. The number of likely N-dealkylation sites (tertiary alicyclic amines) is 1. The van der Waals surface area contributed by atoms with E-state index in [0.29, 0.717) is 6.54 Å². The van der Waals surface area contributed by atoms with Gasteiger partial charge in [0.1, 0.15) is 0 Å². The molecule has 0 saturated carbocycles. The van der Waals surface area contributed by atoms with Crippen LogP contribution in [0.15, 0.2) is 48.8 Å². The van der Waals surface area contributed by atoms with E-state index in [1.807, 2.05) is 17.0 Å². The molecule has 28 heavy (non-hydrogen) atoms. The van der Waals surface area contributed by atoms with Gasteiger partial charge in [-0.1, -0.05) is 24.3 Å². The number of aromatic nitrogens is 1. The molecular formula is C23H29N3O2. The first-order valence-electron chi connectivity index (χ1n) is 10.3. The van der Waals surface area contributed by atoms with Crippen molar-refractivity contribution < 1.29 is 9.53 Å². The Balaban J connectivity index is 1.50. The van der Waals surface area contributed by atoms with E-state index in [1.165, 1.54) is 16.7 Å². The lowest BCUT2D eigenvalue weighted by molar-refractivity contribution is 0.0498. The van der Waals surface area contributed by atoms with Gasteiger partial charge in [0.25, 0.3) is 0 Å². The van der Waals surface area contributed by atoms with Crippen molar-refractivity contribution in [3.05, 3.63) is 65.5 Å². The molecule has 0 spiro atoms. The summed E-state index contributed by atoms with van der Waals surface area (Å²) < 4.78 is 5.64. The van der Waals surface area contributed by atoms with Crippen LogP contribution < -0.4 is 5.32 Å². The van der Waals surface area contributed by atoms with E-state index in [-0.39, 0.29) is 17.5 Å². The van der Waals surface area contributed by atoms with Crippen molar-refractivity contribution in [1.29, 1.82) is 0 Å². The summed E-state index contributed by atoms with van der Waals surface area (Å²) in [6.45, 7) is 5.11. The number of aryl methyl sites for hydroxylation is 1. The van der Waals surface area contributed by atoms with Crippen LogP contribution in [0.2, 0.25) is 0 Å². The van der Waals surface area contributed by atoms with Crippen molar-refractivity contribution in [3.63, 3.8) is 0 Å². The molecule has 5 nitrogen and oxygen atoms in total. The number of nitrogens with zero attached hydrogens (tertiary/aromatic N) is 2. The number of carbonyl (C=O) groups excluding carboxylic acids is 1. The molecule has 1 aromatic carbocycles. The zero-order valence-corrected chi connectivity index (χ0v) is 16.6. The molecule has 148 valence electrons. The van der Waals surface area contributed by atoms with Crippen molar-refractivity contribution in [3.8, 4) is 0 Å². The number of carbonyl (C=O) groups is 1. The van der Waals surface area contributed by atoms with E-state index in [1.54, 1.807) is 12.4 Å². The Hall–Kier alpha value is -2.40. The molecular weight excluding hydrogens is 350 g/mol. The molecule has 2 aliphatic rings. The van der Waals surface area contributed by atoms with Crippen LogP contribution >= 0.6 is 0 Å². The highest BCUT2D eigenvalue weighted by atomic mass is 16.5. The first-order valence-corrected chi connectivity index (χ1v) is 10.3. The highest BCUT2D eigenvalue weighted by Crippen LogP contribution is 2.37. The molecule has 2 amide bonds. The molecule has 4 rings (SSSR count). The average molecular weight is 380 g/mol.